The van der Waals surface area contributed by atoms with Gasteiger partial charge in [-0.05, 0) is 25.7 Å². The first kappa shape index (κ1) is 11.6. The zero-order chi connectivity index (χ0) is 11.9. The minimum Gasteiger partial charge on any atom is -0.392 e. The number of hydrogen-bond donors (Lipinski definition) is 1. The normalized spacial score (nSPS) is 35.7. The second-order valence-corrected chi connectivity index (χ2v) is 5.09. The minimum atomic E-state index is -0.631. The Bertz CT molecular complexity index is 289. The van der Waals surface area contributed by atoms with Gasteiger partial charge in [0.25, 0.3) is 0 Å². The molecule has 4 nitrogen and oxygen atoms in total. The molecule has 2 aliphatic rings. The van der Waals surface area contributed by atoms with Gasteiger partial charge in [-0.15, -0.1) is 0 Å². The number of nitrogens with zero attached hydrogens (tertiary/aromatic N) is 1. The Hall–Kier alpha value is -0.900. The maximum Gasteiger partial charge on any atom is 0.233 e. The van der Waals surface area contributed by atoms with E-state index in [0.717, 1.165) is 19.3 Å². The van der Waals surface area contributed by atoms with E-state index in [9.17, 15) is 14.7 Å². The van der Waals surface area contributed by atoms with E-state index < -0.39 is 6.10 Å². The molecule has 1 saturated carbocycles. The number of β-amino-alcohol motifs (C(OH)–C–C–N with tert-alkyl or cyclic N) is 1. The number of fused-ring (bicyclic) bond motifs is 1. The van der Waals surface area contributed by atoms with Crippen LogP contribution < -0.4 is 0 Å². The Morgan fingerprint density at radius 3 is 2.19 bits per heavy atom. The van der Waals surface area contributed by atoms with E-state index >= 15 is 0 Å². The lowest BCUT2D eigenvalue weighted by molar-refractivity contribution is -0.142. The van der Waals surface area contributed by atoms with Crippen LogP contribution in [0, 0.1) is 17.8 Å². The number of rotatable bonds is 3. The Morgan fingerprint density at radius 2 is 1.81 bits per heavy atom. The zero-order valence-electron chi connectivity index (χ0n) is 9.85. The lowest BCUT2D eigenvalue weighted by atomic mass is 10.00. The van der Waals surface area contributed by atoms with E-state index in [1.807, 2.05) is 0 Å². The van der Waals surface area contributed by atoms with Crippen molar-refractivity contribution in [3.8, 4) is 0 Å². The summed E-state index contributed by atoms with van der Waals surface area (Å²) in [5.74, 6) is 0.197. The van der Waals surface area contributed by atoms with Crippen LogP contribution in [0.25, 0.3) is 0 Å². The average molecular weight is 225 g/mol. The van der Waals surface area contributed by atoms with Crippen LogP contribution in [-0.4, -0.2) is 34.5 Å². The van der Waals surface area contributed by atoms with Gasteiger partial charge in [-0.25, -0.2) is 0 Å². The molecule has 0 aromatic carbocycles. The fraction of sp³-hybridized carbons (Fsp3) is 0.833. The number of aliphatic hydroxyl groups is 1. The fourth-order valence-corrected chi connectivity index (χ4v) is 2.98. The summed E-state index contributed by atoms with van der Waals surface area (Å²) in [7, 11) is 0. The van der Waals surface area contributed by atoms with Gasteiger partial charge in [0.15, 0.2) is 0 Å². The molecule has 2 amide bonds. The van der Waals surface area contributed by atoms with Crippen molar-refractivity contribution in [2.75, 3.05) is 6.54 Å². The van der Waals surface area contributed by atoms with Crippen LogP contribution in [0.5, 0.6) is 0 Å². The van der Waals surface area contributed by atoms with Gasteiger partial charge in [0, 0.05) is 0 Å². The quantitative estimate of drug-likeness (QED) is 0.722. The number of imide groups is 1. The largest absolute Gasteiger partial charge is 0.392 e. The summed E-state index contributed by atoms with van der Waals surface area (Å²) in [6.45, 7) is 3.86. The van der Waals surface area contributed by atoms with Crippen molar-refractivity contribution in [2.45, 2.75) is 39.2 Å². The summed E-state index contributed by atoms with van der Waals surface area (Å²) >= 11 is 0. The molecule has 4 heteroatoms. The van der Waals surface area contributed by atoms with Gasteiger partial charge in [0.1, 0.15) is 0 Å². The Kier molecular flexibility index (Phi) is 3.02. The maximum absolute atomic E-state index is 12.0. The highest BCUT2D eigenvalue weighted by molar-refractivity contribution is 6.05. The first-order chi connectivity index (χ1) is 7.54. The van der Waals surface area contributed by atoms with E-state index in [4.69, 9.17) is 0 Å². The average Bonchev–Trinajstić information content (AvgIpc) is 2.74. The van der Waals surface area contributed by atoms with Gasteiger partial charge >= 0.3 is 0 Å². The molecule has 2 rings (SSSR count). The first-order valence-corrected chi connectivity index (χ1v) is 6.07. The SMILES string of the molecule is CCC1CC2C(=O)N(CC(C)O)C(=O)C2C1. The van der Waals surface area contributed by atoms with Crippen molar-refractivity contribution < 1.29 is 14.7 Å². The van der Waals surface area contributed by atoms with Crippen LogP contribution in [0.3, 0.4) is 0 Å². The molecule has 0 radical (unpaired) electrons. The molecule has 3 atom stereocenters. The zero-order valence-corrected chi connectivity index (χ0v) is 9.85. The highest BCUT2D eigenvalue weighted by Crippen LogP contribution is 2.44. The van der Waals surface area contributed by atoms with Crippen molar-refractivity contribution in [1.82, 2.24) is 4.90 Å². The molecule has 16 heavy (non-hydrogen) atoms. The molecular weight excluding hydrogens is 206 g/mol. The predicted molar refractivity (Wildman–Crippen MR) is 58.4 cm³/mol. The summed E-state index contributed by atoms with van der Waals surface area (Å²) in [4.78, 5) is 25.2. The maximum atomic E-state index is 12.0. The highest BCUT2D eigenvalue weighted by atomic mass is 16.3. The van der Waals surface area contributed by atoms with Crippen molar-refractivity contribution >= 4 is 11.8 Å². The molecule has 0 aromatic rings. The monoisotopic (exact) mass is 225 g/mol. The lowest BCUT2D eigenvalue weighted by Gasteiger charge is -2.18. The number of amides is 2. The Balaban J connectivity index is 2.10. The van der Waals surface area contributed by atoms with Gasteiger partial charge in [0.2, 0.25) is 11.8 Å². The summed E-state index contributed by atoms with van der Waals surface area (Å²) in [6, 6.07) is 0. The van der Waals surface area contributed by atoms with Crippen molar-refractivity contribution in [1.29, 1.82) is 0 Å². The highest BCUT2D eigenvalue weighted by Gasteiger charge is 2.52. The smallest absolute Gasteiger partial charge is 0.233 e. The van der Waals surface area contributed by atoms with Crippen molar-refractivity contribution in [3.63, 3.8) is 0 Å². The van der Waals surface area contributed by atoms with Crippen LogP contribution >= 0.6 is 0 Å². The number of carbonyl (C=O) groups is 2. The third-order valence-electron chi connectivity index (χ3n) is 3.85. The predicted octanol–water partition coefficient (Wildman–Crippen LogP) is 0.788. The lowest BCUT2D eigenvalue weighted by Crippen LogP contribution is -2.37. The summed E-state index contributed by atoms with van der Waals surface area (Å²) in [6.07, 6.45) is 2.11. The van der Waals surface area contributed by atoms with Gasteiger partial charge in [-0.1, -0.05) is 13.3 Å². The number of aliphatic hydroxyl groups excluding tert-OH is 1. The summed E-state index contributed by atoms with van der Waals surface area (Å²) in [5.41, 5.74) is 0. The van der Waals surface area contributed by atoms with Crippen molar-refractivity contribution in [2.24, 2.45) is 17.8 Å². The van der Waals surface area contributed by atoms with Crippen LogP contribution in [0.4, 0.5) is 0 Å². The van der Waals surface area contributed by atoms with Crippen LogP contribution in [0.1, 0.15) is 33.1 Å². The molecule has 1 N–H and O–H groups in total. The molecule has 1 heterocycles. The van der Waals surface area contributed by atoms with Crippen LogP contribution in [0.15, 0.2) is 0 Å². The molecule has 1 saturated heterocycles. The second-order valence-electron chi connectivity index (χ2n) is 5.09. The third kappa shape index (κ3) is 1.75. The van der Waals surface area contributed by atoms with Gasteiger partial charge < -0.3 is 5.11 Å². The molecule has 0 aromatic heterocycles. The standard InChI is InChI=1S/C12H19NO3/c1-3-8-4-9-10(5-8)12(16)13(11(9)15)6-7(2)14/h7-10,14H,3-6H2,1-2H3. The van der Waals surface area contributed by atoms with Crippen LogP contribution in [-0.2, 0) is 9.59 Å². The Morgan fingerprint density at radius 1 is 1.31 bits per heavy atom. The number of hydrogen-bond acceptors (Lipinski definition) is 3. The van der Waals surface area contributed by atoms with Crippen LogP contribution in [0.2, 0.25) is 0 Å². The molecule has 0 spiro atoms. The molecule has 3 unspecified atom stereocenters. The summed E-state index contributed by atoms with van der Waals surface area (Å²) in [5, 5.41) is 9.26. The topological polar surface area (TPSA) is 57.6 Å². The van der Waals surface area contributed by atoms with Gasteiger partial charge in [0.05, 0.1) is 24.5 Å². The van der Waals surface area contributed by atoms with Crippen molar-refractivity contribution in [3.05, 3.63) is 0 Å². The fourth-order valence-electron chi connectivity index (χ4n) is 2.98. The van der Waals surface area contributed by atoms with E-state index in [-0.39, 0.29) is 30.2 Å². The third-order valence-corrected chi connectivity index (χ3v) is 3.85. The van der Waals surface area contributed by atoms with Gasteiger partial charge in [-0.2, -0.15) is 0 Å². The molecule has 1 aliphatic heterocycles. The molecule has 1 aliphatic carbocycles. The molecular formula is C12H19NO3. The van der Waals surface area contributed by atoms with E-state index in [0.29, 0.717) is 5.92 Å². The van der Waals surface area contributed by atoms with Gasteiger partial charge in [-0.3, -0.25) is 14.5 Å². The molecule has 0 bridgehead atoms. The summed E-state index contributed by atoms with van der Waals surface area (Å²) < 4.78 is 0. The minimum absolute atomic E-state index is 0.0631. The first-order valence-electron chi connectivity index (χ1n) is 6.07. The van der Waals surface area contributed by atoms with E-state index in [1.165, 1.54) is 4.90 Å². The number of carbonyl (C=O) groups excluding carboxylic acids is 2. The second kappa shape index (κ2) is 4.17. The molecule has 2 fully saturated rings. The van der Waals surface area contributed by atoms with E-state index in [2.05, 4.69) is 6.92 Å². The van der Waals surface area contributed by atoms with E-state index in [1.54, 1.807) is 6.92 Å². The molecule has 90 valence electrons. The number of likely N-dealkylation sites (tertiary alicyclic amines) is 1. The Labute approximate surface area is 95.6 Å².